The van der Waals surface area contributed by atoms with Crippen molar-refractivity contribution >= 4 is 12.1 Å². The third-order valence-electron chi connectivity index (χ3n) is 3.04. The lowest BCUT2D eigenvalue weighted by atomic mass is 9.91. The number of rotatable bonds is 3. The van der Waals surface area contributed by atoms with Crippen molar-refractivity contribution in [1.82, 2.24) is 5.32 Å². The number of ether oxygens (including phenoxy) is 1. The minimum absolute atomic E-state index is 0.000541. The molecule has 0 bridgehead atoms. The van der Waals surface area contributed by atoms with E-state index in [1.807, 2.05) is 0 Å². The number of amides is 1. The summed E-state index contributed by atoms with van der Waals surface area (Å²) in [4.78, 5) is 23.0. The maximum absolute atomic E-state index is 13.0. The van der Waals surface area contributed by atoms with Gasteiger partial charge >= 0.3 is 18.2 Å². The number of nitrogens with one attached hydrogen (secondary N) is 1. The molecule has 0 aliphatic rings. The Kier molecular flexibility index (Phi) is 5.22. The minimum atomic E-state index is -4.71. The van der Waals surface area contributed by atoms with Crippen molar-refractivity contribution in [2.24, 2.45) is 0 Å². The number of carbonyl (C=O) groups excluding carboxylic acids is 1. The first-order valence-corrected chi connectivity index (χ1v) is 7.09. The van der Waals surface area contributed by atoms with Gasteiger partial charge in [-0.15, -0.1) is 0 Å². The summed E-state index contributed by atoms with van der Waals surface area (Å²) in [5.74, 6) is -1.49. The number of hydrogen-bond donors (Lipinski definition) is 2. The van der Waals surface area contributed by atoms with E-state index in [1.54, 1.807) is 20.8 Å². The Morgan fingerprint density at radius 3 is 1.92 bits per heavy atom. The molecule has 0 radical (unpaired) electrons. The van der Waals surface area contributed by atoms with Gasteiger partial charge in [-0.2, -0.15) is 13.2 Å². The van der Waals surface area contributed by atoms with Crippen LogP contribution in [0.15, 0.2) is 18.2 Å². The predicted octanol–water partition coefficient (Wildman–Crippen LogP) is 4.16. The summed E-state index contributed by atoms with van der Waals surface area (Å²) >= 11 is 0. The zero-order valence-corrected chi connectivity index (χ0v) is 14.0. The highest BCUT2D eigenvalue weighted by Gasteiger charge is 2.34. The number of benzene rings is 1. The Morgan fingerprint density at radius 2 is 1.50 bits per heavy atom. The van der Waals surface area contributed by atoms with E-state index in [4.69, 9.17) is 9.84 Å². The molecule has 0 spiro atoms. The van der Waals surface area contributed by atoms with Gasteiger partial charge < -0.3 is 15.2 Å². The highest BCUT2D eigenvalue weighted by molar-refractivity contribution is 5.88. The lowest BCUT2D eigenvalue weighted by Crippen LogP contribution is -2.44. The number of carboxylic acids is 1. The van der Waals surface area contributed by atoms with Crippen molar-refractivity contribution in [2.45, 2.75) is 51.9 Å². The Bertz CT molecular complexity index is 646. The molecular formula is C16H20F3NO4. The van der Waals surface area contributed by atoms with E-state index in [1.165, 1.54) is 13.8 Å². The number of hydrogen-bond acceptors (Lipinski definition) is 3. The van der Waals surface area contributed by atoms with Gasteiger partial charge in [-0.05, 0) is 58.4 Å². The number of aromatic carboxylic acids is 1. The van der Waals surface area contributed by atoms with Crippen LogP contribution in [0.5, 0.6) is 0 Å². The molecular weight excluding hydrogens is 327 g/mol. The molecule has 8 heteroatoms. The average Bonchev–Trinajstić information content (AvgIpc) is 2.33. The second kappa shape index (κ2) is 6.33. The largest absolute Gasteiger partial charge is 0.478 e. The molecule has 0 saturated heterocycles. The molecule has 1 rings (SSSR count). The monoisotopic (exact) mass is 347 g/mol. The zero-order valence-electron chi connectivity index (χ0n) is 14.0. The molecule has 24 heavy (non-hydrogen) atoms. The van der Waals surface area contributed by atoms with Gasteiger partial charge in [-0.1, -0.05) is 0 Å². The molecule has 1 aromatic carbocycles. The van der Waals surface area contributed by atoms with Gasteiger partial charge in [0.15, 0.2) is 0 Å². The van der Waals surface area contributed by atoms with Crippen LogP contribution in [0.3, 0.4) is 0 Å². The molecule has 0 atom stereocenters. The average molecular weight is 347 g/mol. The van der Waals surface area contributed by atoms with E-state index in [-0.39, 0.29) is 5.56 Å². The van der Waals surface area contributed by atoms with Gasteiger partial charge in [0.2, 0.25) is 0 Å². The fourth-order valence-electron chi connectivity index (χ4n) is 1.91. The summed E-state index contributed by atoms with van der Waals surface area (Å²) in [5.41, 5.74) is -3.66. The van der Waals surface area contributed by atoms with Crippen molar-refractivity contribution in [3.8, 4) is 0 Å². The Hall–Kier alpha value is -2.25. The van der Waals surface area contributed by atoms with Crippen LogP contribution in [-0.4, -0.2) is 22.8 Å². The second-order valence-electron chi connectivity index (χ2n) is 6.85. The standard InChI is InChI=1S/C16H20F3NO4/c1-14(2,3)24-13(23)20-15(4,5)10-6-9(12(21)22)7-11(8-10)16(17,18)19/h6-8H,1-5H3,(H,20,23)(H,21,22). The second-order valence-corrected chi connectivity index (χ2v) is 6.85. The van der Waals surface area contributed by atoms with Crippen molar-refractivity contribution in [2.75, 3.05) is 0 Å². The van der Waals surface area contributed by atoms with E-state index in [9.17, 15) is 22.8 Å². The van der Waals surface area contributed by atoms with Gasteiger partial charge in [0.1, 0.15) is 5.60 Å². The lowest BCUT2D eigenvalue weighted by Gasteiger charge is -2.29. The first-order valence-electron chi connectivity index (χ1n) is 7.09. The van der Waals surface area contributed by atoms with E-state index in [0.29, 0.717) is 6.07 Å². The van der Waals surface area contributed by atoms with Crippen LogP contribution >= 0.6 is 0 Å². The van der Waals surface area contributed by atoms with Crippen molar-refractivity contribution < 1.29 is 32.6 Å². The minimum Gasteiger partial charge on any atom is -0.478 e. The van der Waals surface area contributed by atoms with E-state index in [0.717, 1.165) is 12.1 Å². The van der Waals surface area contributed by atoms with Gasteiger partial charge in [0, 0.05) is 0 Å². The third-order valence-corrected chi connectivity index (χ3v) is 3.04. The van der Waals surface area contributed by atoms with E-state index >= 15 is 0 Å². The quantitative estimate of drug-likeness (QED) is 0.861. The molecule has 0 heterocycles. The fourth-order valence-corrected chi connectivity index (χ4v) is 1.91. The highest BCUT2D eigenvalue weighted by atomic mass is 19.4. The number of alkyl halides is 3. The summed E-state index contributed by atoms with van der Waals surface area (Å²) in [7, 11) is 0. The number of alkyl carbamates (subject to hydrolysis) is 1. The molecule has 0 unspecified atom stereocenters. The molecule has 0 saturated carbocycles. The Morgan fingerprint density at radius 1 is 1.00 bits per heavy atom. The zero-order chi connectivity index (χ0) is 18.9. The molecule has 1 aromatic rings. The lowest BCUT2D eigenvalue weighted by molar-refractivity contribution is -0.137. The molecule has 5 nitrogen and oxygen atoms in total. The summed E-state index contributed by atoms with van der Waals surface area (Å²) in [6, 6.07) is 2.45. The number of carbonyl (C=O) groups is 2. The van der Waals surface area contributed by atoms with Crippen LogP contribution < -0.4 is 5.32 Å². The van der Waals surface area contributed by atoms with Crippen LogP contribution in [0, 0.1) is 0 Å². The molecule has 0 aliphatic heterocycles. The van der Waals surface area contributed by atoms with Crippen molar-refractivity contribution in [1.29, 1.82) is 0 Å². The van der Waals surface area contributed by atoms with Gasteiger partial charge in [-0.25, -0.2) is 9.59 Å². The van der Waals surface area contributed by atoms with Crippen LogP contribution in [0.1, 0.15) is 56.1 Å². The van der Waals surface area contributed by atoms with E-state index in [2.05, 4.69) is 5.32 Å². The van der Waals surface area contributed by atoms with Crippen LogP contribution in [-0.2, 0) is 16.5 Å². The molecule has 0 aliphatic carbocycles. The molecule has 134 valence electrons. The van der Waals surface area contributed by atoms with Crippen molar-refractivity contribution in [3.05, 3.63) is 34.9 Å². The Balaban J connectivity index is 3.25. The van der Waals surface area contributed by atoms with Crippen LogP contribution in [0.2, 0.25) is 0 Å². The normalized spacial score (nSPS) is 12.7. The van der Waals surface area contributed by atoms with Gasteiger partial charge in [0.05, 0.1) is 16.7 Å². The summed E-state index contributed by atoms with van der Waals surface area (Å²) < 4.78 is 44.0. The number of halogens is 3. The maximum atomic E-state index is 13.0. The van der Waals surface area contributed by atoms with E-state index < -0.39 is 40.5 Å². The Labute approximate surface area is 137 Å². The predicted molar refractivity (Wildman–Crippen MR) is 80.8 cm³/mol. The summed E-state index contributed by atoms with van der Waals surface area (Å²) in [5, 5.41) is 11.5. The first-order chi connectivity index (χ1) is 10.6. The first kappa shape index (κ1) is 19.8. The smallest absolute Gasteiger partial charge is 0.416 e. The summed E-state index contributed by atoms with van der Waals surface area (Å²) in [6.07, 6.45) is -5.52. The topological polar surface area (TPSA) is 75.6 Å². The maximum Gasteiger partial charge on any atom is 0.416 e. The summed E-state index contributed by atoms with van der Waals surface area (Å²) in [6.45, 7) is 7.85. The van der Waals surface area contributed by atoms with Crippen LogP contribution in [0.25, 0.3) is 0 Å². The SMILES string of the molecule is CC(C)(C)OC(=O)NC(C)(C)c1cc(C(=O)O)cc(C(F)(F)F)c1. The van der Waals surface area contributed by atoms with Crippen LogP contribution in [0.4, 0.5) is 18.0 Å². The van der Waals surface area contributed by atoms with Gasteiger partial charge in [-0.3, -0.25) is 0 Å². The third kappa shape index (κ3) is 5.43. The molecule has 0 aromatic heterocycles. The molecule has 1 amide bonds. The molecule has 2 N–H and O–H groups in total. The van der Waals surface area contributed by atoms with Crippen molar-refractivity contribution in [3.63, 3.8) is 0 Å². The number of carboxylic acid groups (broad SMARTS) is 1. The molecule has 0 fully saturated rings. The highest BCUT2D eigenvalue weighted by Crippen LogP contribution is 2.33. The fraction of sp³-hybridized carbons (Fsp3) is 0.500. The van der Waals surface area contributed by atoms with Gasteiger partial charge in [0.25, 0.3) is 0 Å².